The molecule has 0 atom stereocenters. The number of pyridine rings is 1. The predicted molar refractivity (Wildman–Crippen MR) is 77.6 cm³/mol. The zero-order chi connectivity index (χ0) is 15.5. The molecule has 2 rings (SSSR count). The fourth-order valence-electron chi connectivity index (χ4n) is 2.60. The highest BCUT2D eigenvalue weighted by Gasteiger charge is 2.31. The van der Waals surface area contributed by atoms with Crippen molar-refractivity contribution < 1.29 is 13.2 Å². The van der Waals surface area contributed by atoms with Gasteiger partial charge in [0.05, 0.1) is 10.6 Å². The van der Waals surface area contributed by atoms with Gasteiger partial charge in [0.2, 0.25) is 0 Å². The van der Waals surface area contributed by atoms with Gasteiger partial charge in [-0.05, 0) is 26.0 Å². The van der Waals surface area contributed by atoms with Crippen LogP contribution in [0.25, 0.3) is 0 Å². The van der Waals surface area contributed by atoms with Crippen molar-refractivity contribution in [1.82, 2.24) is 9.88 Å². The normalized spacial score (nSPS) is 16.7. The summed E-state index contributed by atoms with van der Waals surface area (Å²) in [6.07, 6.45) is 1.36. The van der Waals surface area contributed by atoms with E-state index in [1.807, 2.05) is 0 Å². The summed E-state index contributed by atoms with van der Waals surface area (Å²) in [5.74, 6) is 0.296. The number of anilines is 1. The van der Waals surface area contributed by atoms with Crippen molar-refractivity contribution in [2.45, 2.75) is 37.9 Å². The second-order valence-corrected chi connectivity index (χ2v) is 5.81. The molecule has 0 radical (unpaired) electrons. The van der Waals surface area contributed by atoms with Gasteiger partial charge in [-0.1, -0.05) is 24.4 Å². The molecule has 1 aromatic heterocycles. The first kappa shape index (κ1) is 16.4. The first-order valence-corrected chi connectivity index (χ1v) is 7.42. The van der Waals surface area contributed by atoms with Crippen molar-refractivity contribution in [3.05, 3.63) is 22.8 Å². The third-order valence-corrected chi connectivity index (χ3v) is 4.16. The van der Waals surface area contributed by atoms with Crippen molar-refractivity contribution in [1.29, 1.82) is 0 Å². The quantitative estimate of drug-likeness (QED) is 0.887. The number of rotatable bonds is 5. The van der Waals surface area contributed by atoms with Gasteiger partial charge in [0.25, 0.3) is 0 Å². The van der Waals surface area contributed by atoms with Crippen LogP contribution in [-0.4, -0.2) is 36.1 Å². The van der Waals surface area contributed by atoms with Gasteiger partial charge >= 0.3 is 6.18 Å². The second-order valence-electron chi connectivity index (χ2n) is 5.40. The monoisotopic (exact) mass is 321 g/mol. The lowest BCUT2D eigenvalue weighted by Gasteiger charge is -2.24. The maximum Gasteiger partial charge on any atom is 0.417 e. The minimum atomic E-state index is -4.42. The predicted octanol–water partition coefficient (Wildman–Crippen LogP) is 4.04. The van der Waals surface area contributed by atoms with Crippen LogP contribution in [0.1, 0.15) is 31.2 Å². The van der Waals surface area contributed by atoms with E-state index in [0.717, 1.165) is 18.8 Å². The summed E-state index contributed by atoms with van der Waals surface area (Å²) in [5, 5.41) is 2.99. The Morgan fingerprint density at radius 2 is 2.05 bits per heavy atom. The van der Waals surface area contributed by atoms with Gasteiger partial charge in [0.1, 0.15) is 5.82 Å². The summed E-state index contributed by atoms with van der Waals surface area (Å²) >= 11 is 5.84. The summed E-state index contributed by atoms with van der Waals surface area (Å²) < 4.78 is 37.5. The minimum Gasteiger partial charge on any atom is -0.368 e. The number of hydrogen-bond acceptors (Lipinski definition) is 3. The van der Waals surface area contributed by atoms with E-state index >= 15 is 0 Å². The maximum absolute atomic E-state index is 12.5. The Morgan fingerprint density at radius 3 is 2.62 bits per heavy atom. The Balaban J connectivity index is 1.85. The number of halogens is 4. The van der Waals surface area contributed by atoms with Crippen LogP contribution in [0.3, 0.4) is 0 Å². The van der Waals surface area contributed by atoms with Gasteiger partial charge < -0.3 is 10.2 Å². The molecule has 1 saturated carbocycles. The molecule has 0 amide bonds. The maximum atomic E-state index is 12.5. The molecule has 0 bridgehead atoms. The molecule has 0 saturated heterocycles. The topological polar surface area (TPSA) is 28.2 Å². The van der Waals surface area contributed by atoms with E-state index in [1.165, 1.54) is 25.7 Å². The molecule has 3 nitrogen and oxygen atoms in total. The molecule has 1 heterocycles. The zero-order valence-corrected chi connectivity index (χ0v) is 12.6. The highest BCUT2D eigenvalue weighted by atomic mass is 35.5. The van der Waals surface area contributed by atoms with Crippen molar-refractivity contribution in [3.63, 3.8) is 0 Å². The van der Waals surface area contributed by atoms with Gasteiger partial charge in [-0.3, -0.25) is 0 Å². The summed E-state index contributed by atoms with van der Waals surface area (Å²) in [6, 6.07) is 1.51. The highest BCUT2D eigenvalue weighted by molar-refractivity contribution is 6.32. The Hall–Kier alpha value is -1.01. The van der Waals surface area contributed by atoms with E-state index in [9.17, 15) is 13.2 Å². The lowest BCUT2D eigenvalue weighted by atomic mass is 10.2. The van der Waals surface area contributed by atoms with Gasteiger partial charge in [0.15, 0.2) is 0 Å². The van der Waals surface area contributed by atoms with Crippen molar-refractivity contribution >= 4 is 17.4 Å². The van der Waals surface area contributed by atoms with Crippen molar-refractivity contribution in [2.24, 2.45) is 0 Å². The van der Waals surface area contributed by atoms with E-state index in [4.69, 9.17) is 11.6 Å². The minimum absolute atomic E-state index is 0.00616. The molecule has 21 heavy (non-hydrogen) atoms. The van der Waals surface area contributed by atoms with Crippen molar-refractivity contribution in [2.75, 3.05) is 25.5 Å². The first-order chi connectivity index (χ1) is 9.88. The third kappa shape index (κ3) is 4.48. The second kappa shape index (κ2) is 6.83. The Kier molecular flexibility index (Phi) is 5.32. The molecular weight excluding hydrogens is 303 g/mol. The third-order valence-electron chi connectivity index (χ3n) is 3.87. The van der Waals surface area contributed by atoms with E-state index in [0.29, 0.717) is 18.4 Å². The van der Waals surface area contributed by atoms with Crippen LogP contribution in [0.2, 0.25) is 5.02 Å². The fourth-order valence-corrected chi connectivity index (χ4v) is 2.83. The van der Waals surface area contributed by atoms with Gasteiger partial charge in [-0.15, -0.1) is 0 Å². The van der Waals surface area contributed by atoms with E-state index in [-0.39, 0.29) is 5.02 Å². The van der Waals surface area contributed by atoms with Crippen LogP contribution in [0, 0.1) is 0 Å². The molecule has 7 heteroatoms. The molecule has 1 aromatic rings. The zero-order valence-electron chi connectivity index (χ0n) is 11.9. The fraction of sp³-hybridized carbons (Fsp3) is 0.643. The molecule has 1 aliphatic carbocycles. The summed E-state index contributed by atoms with van der Waals surface area (Å²) in [7, 11) is 2.07. The summed E-state index contributed by atoms with van der Waals surface area (Å²) in [5.41, 5.74) is -0.832. The van der Waals surface area contributed by atoms with Gasteiger partial charge in [-0.25, -0.2) is 4.98 Å². The van der Waals surface area contributed by atoms with E-state index in [2.05, 4.69) is 22.2 Å². The summed E-state index contributed by atoms with van der Waals surface area (Å²) in [6.45, 7) is 1.41. The molecule has 1 fully saturated rings. The van der Waals surface area contributed by atoms with Gasteiger partial charge in [-0.2, -0.15) is 13.2 Å². The molecule has 0 aliphatic heterocycles. The molecule has 1 N–H and O–H groups in total. The number of aromatic nitrogens is 1. The van der Waals surface area contributed by atoms with Gasteiger partial charge in [0, 0.05) is 25.3 Å². The summed E-state index contributed by atoms with van der Waals surface area (Å²) in [4.78, 5) is 6.03. The van der Waals surface area contributed by atoms with Crippen LogP contribution in [0.15, 0.2) is 12.3 Å². The highest BCUT2D eigenvalue weighted by Crippen LogP contribution is 2.32. The Bertz CT molecular complexity index is 473. The molecular formula is C14H19ClF3N3. The molecule has 118 valence electrons. The molecule has 0 aromatic carbocycles. The van der Waals surface area contributed by atoms with Crippen LogP contribution in [0.4, 0.5) is 19.0 Å². The lowest BCUT2D eigenvalue weighted by Crippen LogP contribution is -2.33. The Labute approximate surface area is 127 Å². The van der Waals surface area contributed by atoms with Crippen LogP contribution in [0.5, 0.6) is 0 Å². The Morgan fingerprint density at radius 1 is 1.38 bits per heavy atom. The lowest BCUT2D eigenvalue weighted by molar-refractivity contribution is -0.137. The first-order valence-electron chi connectivity index (χ1n) is 7.05. The molecule has 0 unspecified atom stereocenters. The number of alkyl halides is 3. The van der Waals surface area contributed by atoms with E-state index in [1.54, 1.807) is 0 Å². The SMILES string of the molecule is CN(CCNc1ncc(C(F)(F)F)cc1Cl)C1CCCC1. The van der Waals surface area contributed by atoms with E-state index < -0.39 is 11.7 Å². The van der Waals surface area contributed by atoms with Crippen LogP contribution < -0.4 is 5.32 Å². The number of nitrogens with zero attached hydrogens (tertiary/aromatic N) is 2. The molecule has 1 aliphatic rings. The number of hydrogen-bond donors (Lipinski definition) is 1. The standard InChI is InChI=1S/C14H19ClF3N3/c1-21(11-4-2-3-5-11)7-6-19-13-12(15)8-10(9-20-13)14(16,17)18/h8-9,11H,2-7H2,1H3,(H,19,20). The smallest absolute Gasteiger partial charge is 0.368 e. The average molecular weight is 322 g/mol. The molecule has 0 spiro atoms. The van der Waals surface area contributed by atoms with Crippen molar-refractivity contribution in [3.8, 4) is 0 Å². The number of nitrogens with one attached hydrogen (secondary N) is 1. The largest absolute Gasteiger partial charge is 0.417 e. The van der Waals surface area contributed by atoms with Crippen LogP contribution >= 0.6 is 11.6 Å². The number of likely N-dealkylation sites (N-methyl/N-ethyl adjacent to an activating group) is 1. The average Bonchev–Trinajstić information content (AvgIpc) is 2.93. The van der Waals surface area contributed by atoms with Crippen LogP contribution in [-0.2, 0) is 6.18 Å².